The highest BCUT2D eigenvalue weighted by molar-refractivity contribution is 7.88. The number of benzene rings is 2. The van der Waals surface area contributed by atoms with Crippen LogP contribution in [-0.4, -0.2) is 44.7 Å². The van der Waals surface area contributed by atoms with Crippen molar-refractivity contribution >= 4 is 16.1 Å². The minimum atomic E-state index is -3.29. The minimum absolute atomic E-state index is 0.115. The van der Waals surface area contributed by atoms with Crippen LogP contribution in [0.5, 0.6) is 0 Å². The zero-order chi connectivity index (χ0) is 21.7. The third kappa shape index (κ3) is 5.76. The van der Waals surface area contributed by atoms with Crippen LogP contribution >= 0.6 is 0 Å². The van der Waals surface area contributed by atoms with E-state index < -0.39 is 21.7 Å². The summed E-state index contributed by atoms with van der Waals surface area (Å²) in [6, 6.07) is 10.0. The molecule has 2 aromatic carbocycles. The van der Waals surface area contributed by atoms with Crippen molar-refractivity contribution in [2.75, 3.05) is 19.3 Å². The van der Waals surface area contributed by atoms with Crippen LogP contribution in [0.2, 0.25) is 0 Å². The second-order valence-electron chi connectivity index (χ2n) is 7.42. The Balaban J connectivity index is 1.66. The summed E-state index contributed by atoms with van der Waals surface area (Å²) in [6.07, 6.45) is 2.99. The number of hydrogen-bond acceptors (Lipinski definition) is 3. The maximum Gasteiger partial charge on any atom is 0.317 e. The molecule has 2 amide bonds. The molecule has 1 aliphatic heterocycles. The first-order valence-corrected chi connectivity index (χ1v) is 11.7. The molecule has 0 spiro atoms. The van der Waals surface area contributed by atoms with Gasteiger partial charge in [-0.25, -0.2) is 26.7 Å². The van der Waals surface area contributed by atoms with Crippen LogP contribution in [0, 0.1) is 11.6 Å². The highest BCUT2D eigenvalue weighted by atomic mass is 32.2. The van der Waals surface area contributed by atoms with Crippen molar-refractivity contribution in [1.29, 1.82) is 0 Å². The lowest BCUT2D eigenvalue weighted by Gasteiger charge is -2.22. The maximum absolute atomic E-state index is 14.2. The Hall–Kier alpha value is -2.52. The Kier molecular flexibility index (Phi) is 7.04. The van der Waals surface area contributed by atoms with Gasteiger partial charge in [-0.2, -0.15) is 0 Å². The molecule has 3 rings (SSSR count). The molecule has 1 unspecified atom stereocenters. The number of carbonyl (C=O) groups is 1. The van der Waals surface area contributed by atoms with E-state index in [9.17, 15) is 22.0 Å². The molecule has 6 nitrogen and oxygen atoms in total. The van der Waals surface area contributed by atoms with Crippen molar-refractivity contribution < 1.29 is 22.0 Å². The van der Waals surface area contributed by atoms with E-state index in [-0.39, 0.29) is 24.2 Å². The Morgan fingerprint density at radius 3 is 2.47 bits per heavy atom. The van der Waals surface area contributed by atoms with E-state index in [1.165, 1.54) is 18.2 Å². The predicted octanol–water partition coefficient (Wildman–Crippen LogP) is 3.25. The van der Waals surface area contributed by atoms with Gasteiger partial charge < -0.3 is 10.2 Å². The van der Waals surface area contributed by atoms with Gasteiger partial charge in [0.1, 0.15) is 11.6 Å². The lowest BCUT2D eigenvalue weighted by molar-refractivity contribution is 0.199. The lowest BCUT2D eigenvalue weighted by Crippen LogP contribution is -2.41. The third-order valence-corrected chi connectivity index (χ3v) is 5.84. The van der Waals surface area contributed by atoms with E-state index in [4.69, 9.17) is 0 Å². The fourth-order valence-electron chi connectivity index (χ4n) is 3.68. The summed E-state index contributed by atoms with van der Waals surface area (Å²) < 4.78 is 53.9. The molecular formula is C21H25F2N3O3S. The monoisotopic (exact) mass is 437 g/mol. The van der Waals surface area contributed by atoms with Crippen LogP contribution in [0.15, 0.2) is 42.5 Å². The SMILES string of the molecule is CS(=O)(=O)NC1CCCN(C(=O)NCc2ccccc2-c2c(F)cccc2F)CC1. The quantitative estimate of drug-likeness (QED) is 0.754. The van der Waals surface area contributed by atoms with Crippen molar-refractivity contribution in [1.82, 2.24) is 14.9 Å². The predicted molar refractivity (Wildman–Crippen MR) is 111 cm³/mol. The van der Waals surface area contributed by atoms with Gasteiger partial charge in [0.05, 0.1) is 11.8 Å². The summed E-state index contributed by atoms with van der Waals surface area (Å²) in [4.78, 5) is 14.3. The molecule has 1 heterocycles. The lowest BCUT2D eigenvalue weighted by atomic mass is 9.98. The number of sulfonamides is 1. The van der Waals surface area contributed by atoms with E-state index in [0.717, 1.165) is 6.26 Å². The van der Waals surface area contributed by atoms with Gasteiger partial charge in [-0.15, -0.1) is 0 Å². The summed E-state index contributed by atoms with van der Waals surface area (Å²) in [6.45, 7) is 1.05. The number of likely N-dealkylation sites (tertiary alicyclic amines) is 1. The number of amides is 2. The number of nitrogens with one attached hydrogen (secondary N) is 2. The van der Waals surface area contributed by atoms with Crippen molar-refractivity contribution in [2.24, 2.45) is 0 Å². The van der Waals surface area contributed by atoms with Gasteiger partial charge in [0, 0.05) is 25.7 Å². The highest BCUT2D eigenvalue weighted by Gasteiger charge is 2.22. The molecule has 0 saturated carbocycles. The number of rotatable bonds is 5. The zero-order valence-corrected chi connectivity index (χ0v) is 17.5. The first kappa shape index (κ1) is 22.2. The number of nitrogens with zero attached hydrogens (tertiary/aromatic N) is 1. The second-order valence-corrected chi connectivity index (χ2v) is 9.20. The fourth-order valence-corrected chi connectivity index (χ4v) is 4.52. The van der Waals surface area contributed by atoms with Gasteiger partial charge in [0.15, 0.2) is 0 Å². The van der Waals surface area contributed by atoms with Crippen LogP contribution in [-0.2, 0) is 16.6 Å². The Morgan fingerprint density at radius 1 is 1.07 bits per heavy atom. The molecular weight excluding hydrogens is 412 g/mol. The first-order valence-electron chi connectivity index (χ1n) is 9.77. The molecule has 0 aromatic heterocycles. The summed E-state index contributed by atoms with van der Waals surface area (Å²) in [5.41, 5.74) is 0.870. The second kappa shape index (κ2) is 9.53. The van der Waals surface area contributed by atoms with E-state index in [0.29, 0.717) is 43.5 Å². The fraction of sp³-hybridized carbons (Fsp3) is 0.381. The molecule has 30 heavy (non-hydrogen) atoms. The van der Waals surface area contributed by atoms with E-state index >= 15 is 0 Å². The summed E-state index contributed by atoms with van der Waals surface area (Å²) >= 11 is 0. The van der Waals surface area contributed by atoms with Crippen LogP contribution in [0.25, 0.3) is 11.1 Å². The highest BCUT2D eigenvalue weighted by Crippen LogP contribution is 2.29. The number of urea groups is 1. The normalized spacial score (nSPS) is 17.4. The number of halogens is 2. The van der Waals surface area contributed by atoms with E-state index in [2.05, 4.69) is 10.0 Å². The van der Waals surface area contributed by atoms with Crippen molar-refractivity contribution in [2.45, 2.75) is 31.8 Å². The van der Waals surface area contributed by atoms with Crippen LogP contribution in [0.1, 0.15) is 24.8 Å². The van der Waals surface area contributed by atoms with Gasteiger partial charge >= 0.3 is 6.03 Å². The van der Waals surface area contributed by atoms with Crippen molar-refractivity contribution in [3.8, 4) is 11.1 Å². The molecule has 0 radical (unpaired) electrons. The van der Waals surface area contributed by atoms with E-state index in [1.807, 2.05) is 0 Å². The molecule has 1 saturated heterocycles. The molecule has 1 atom stereocenters. The Labute approximate surface area is 175 Å². The van der Waals surface area contributed by atoms with Gasteiger partial charge in [-0.3, -0.25) is 0 Å². The van der Waals surface area contributed by atoms with E-state index in [1.54, 1.807) is 29.2 Å². The molecule has 0 bridgehead atoms. The summed E-state index contributed by atoms with van der Waals surface area (Å²) in [5.74, 6) is -1.32. The molecule has 0 aliphatic carbocycles. The first-order chi connectivity index (χ1) is 14.2. The average Bonchev–Trinajstić information content (AvgIpc) is 2.91. The molecule has 162 valence electrons. The standard InChI is InChI=1S/C21H25F2N3O3S/c1-30(28,29)25-16-7-5-12-26(13-11-16)21(27)24-14-15-6-2-3-8-17(15)20-18(22)9-4-10-19(20)23/h2-4,6,8-10,16,25H,5,7,11-14H2,1H3,(H,24,27). The van der Waals surface area contributed by atoms with Crippen LogP contribution in [0.4, 0.5) is 13.6 Å². The van der Waals surface area contributed by atoms with Gasteiger partial charge in [-0.05, 0) is 42.5 Å². The summed E-state index contributed by atoms with van der Waals surface area (Å²) in [7, 11) is -3.29. The molecule has 2 aromatic rings. The molecule has 9 heteroatoms. The van der Waals surface area contributed by atoms with Crippen molar-refractivity contribution in [3.63, 3.8) is 0 Å². The Morgan fingerprint density at radius 2 is 1.77 bits per heavy atom. The number of carbonyl (C=O) groups excluding carboxylic acids is 1. The van der Waals surface area contributed by atoms with Gasteiger partial charge in [0.25, 0.3) is 0 Å². The molecule has 2 N–H and O–H groups in total. The third-order valence-electron chi connectivity index (χ3n) is 5.08. The smallest absolute Gasteiger partial charge is 0.317 e. The topological polar surface area (TPSA) is 78.5 Å². The summed E-state index contributed by atoms with van der Waals surface area (Å²) in [5, 5.41) is 2.81. The molecule has 1 aliphatic rings. The van der Waals surface area contributed by atoms with Gasteiger partial charge in [0.2, 0.25) is 10.0 Å². The maximum atomic E-state index is 14.2. The number of hydrogen-bond donors (Lipinski definition) is 2. The van der Waals surface area contributed by atoms with Crippen LogP contribution < -0.4 is 10.0 Å². The van der Waals surface area contributed by atoms with Crippen LogP contribution in [0.3, 0.4) is 0 Å². The molecule has 1 fully saturated rings. The Bertz CT molecular complexity index is 994. The van der Waals surface area contributed by atoms with Gasteiger partial charge in [-0.1, -0.05) is 30.3 Å². The minimum Gasteiger partial charge on any atom is -0.334 e. The van der Waals surface area contributed by atoms with Crippen molar-refractivity contribution in [3.05, 3.63) is 59.7 Å². The average molecular weight is 438 g/mol. The largest absolute Gasteiger partial charge is 0.334 e. The zero-order valence-electron chi connectivity index (χ0n) is 16.7.